The predicted molar refractivity (Wildman–Crippen MR) is 174 cm³/mol. The summed E-state index contributed by atoms with van der Waals surface area (Å²) in [5.41, 5.74) is 2.04. The number of carbonyl (C=O) groups is 1. The van der Waals surface area contributed by atoms with Crippen LogP contribution in [0, 0.1) is 0 Å². The van der Waals surface area contributed by atoms with E-state index in [-0.39, 0.29) is 12.5 Å². The van der Waals surface area contributed by atoms with Crippen molar-refractivity contribution in [3.8, 4) is 11.3 Å². The van der Waals surface area contributed by atoms with Gasteiger partial charge < -0.3 is 10.2 Å². The lowest BCUT2D eigenvalue weighted by Gasteiger charge is -2.35. The first-order valence-corrected chi connectivity index (χ1v) is 16.9. The summed E-state index contributed by atoms with van der Waals surface area (Å²) >= 11 is 7.24. The molecule has 1 saturated heterocycles. The zero-order chi connectivity index (χ0) is 32.3. The molecule has 0 bridgehead atoms. The molecule has 0 saturated carbocycles. The summed E-state index contributed by atoms with van der Waals surface area (Å²) in [4.78, 5) is 27.0. The summed E-state index contributed by atoms with van der Waals surface area (Å²) in [7, 11) is -1.56. The fourth-order valence-corrected chi connectivity index (χ4v) is 8.13. The SMILES string of the molecule is O=C(NCc1cc(-c2ccc(C(F)(F)F)cc2)nc(N2CCN(Cc3ccccn3)CC2)c1)[C@@H]1C=CCN1S(=O)c1ccc(Cl)s1. The third-order valence-corrected chi connectivity index (χ3v) is 10.8. The lowest BCUT2D eigenvalue weighted by molar-refractivity contribution is -0.137. The van der Waals surface area contributed by atoms with Crippen LogP contribution in [0.25, 0.3) is 11.3 Å². The van der Waals surface area contributed by atoms with E-state index in [0.29, 0.717) is 45.3 Å². The van der Waals surface area contributed by atoms with Crippen molar-refractivity contribution >= 4 is 45.6 Å². The number of halogens is 4. The largest absolute Gasteiger partial charge is 0.416 e. The summed E-state index contributed by atoms with van der Waals surface area (Å²) in [6, 6.07) is 17.1. The first kappa shape index (κ1) is 32.3. The van der Waals surface area contributed by atoms with E-state index in [2.05, 4.69) is 20.1 Å². The molecule has 1 unspecified atom stereocenters. The smallest absolute Gasteiger partial charge is 0.354 e. The van der Waals surface area contributed by atoms with E-state index >= 15 is 0 Å². The number of amides is 1. The minimum absolute atomic E-state index is 0.150. The zero-order valence-electron chi connectivity index (χ0n) is 24.5. The molecule has 3 aromatic heterocycles. The quantitative estimate of drug-likeness (QED) is 0.225. The van der Waals surface area contributed by atoms with Crippen molar-refractivity contribution in [2.45, 2.75) is 29.5 Å². The van der Waals surface area contributed by atoms with Gasteiger partial charge in [0.2, 0.25) is 5.91 Å². The molecular formula is C32H30ClF3N6O2S2. The number of nitrogens with zero attached hydrogens (tertiary/aromatic N) is 5. The summed E-state index contributed by atoms with van der Waals surface area (Å²) in [5.74, 6) is 0.361. The maximum absolute atomic E-state index is 13.3. The normalized spacial score (nSPS) is 18.2. The van der Waals surface area contributed by atoms with Gasteiger partial charge in [0.25, 0.3) is 0 Å². The monoisotopic (exact) mass is 686 g/mol. The summed E-state index contributed by atoms with van der Waals surface area (Å²) in [6.07, 6.45) is 0.860. The molecule has 0 aliphatic carbocycles. The van der Waals surface area contributed by atoms with Crippen LogP contribution in [0.5, 0.6) is 0 Å². The molecule has 1 aromatic carbocycles. The van der Waals surface area contributed by atoms with Gasteiger partial charge in [-0.25, -0.2) is 9.19 Å². The van der Waals surface area contributed by atoms with E-state index in [1.54, 1.807) is 40.9 Å². The third-order valence-electron chi connectivity index (χ3n) is 7.77. The molecular weight excluding hydrogens is 657 g/mol. The van der Waals surface area contributed by atoms with Crippen molar-refractivity contribution in [2.75, 3.05) is 37.6 Å². The number of rotatable bonds is 9. The summed E-state index contributed by atoms with van der Waals surface area (Å²) in [6.45, 7) is 4.20. The Labute approximate surface area is 276 Å². The topological polar surface area (TPSA) is 81.7 Å². The van der Waals surface area contributed by atoms with Crippen LogP contribution in [0.4, 0.5) is 19.0 Å². The average Bonchev–Trinajstić information content (AvgIpc) is 3.73. The molecule has 1 fully saturated rings. The standard InChI is InChI=1S/C32H30ClF3N6O2S2/c33-28-10-11-30(45-28)46(44)42-13-3-5-27(42)31(43)38-20-22-18-26(23-6-8-24(9-7-23)32(34,35)36)39-29(19-22)41-16-14-40(15-17-41)21-25-4-1-2-12-37-25/h1-12,18-19,27H,13-17,20-21H2,(H,38,43)/t27-,46?/m0/s1. The minimum atomic E-state index is -4.44. The maximum Gasteiger partial charge on any atom is 0.416 e. The first-order valence-electron chi connectivity index (χ1n) is 14.6. The van der Waals surface area contributed by atoms with Gasteiger partial charge >= 0.3 is 6.18 Å². The van der Waals surface area contributed by atoms with Crippen LogP contribution in [-0.2, 0) is 35.0 Å². The Morgan fingerprint density at radius 1 is 1.04 bits per heavy atom. The van der Waals surface area contributed by atoms with E-state index in [1.165, 1.54) is 23.5 Å². The molecule has 5 heterocycles. The summed E-state index contributed by atoms with van der Waals surface area (Å²) < 4.78 is 55.5. The van der Waals surface area contributed by atoms with Gasteiger partial charge in [-0.2, -0.15) is 17.5 Å². The van der Waals surface area contributed by atoms with Gasteiger partial charge in [0.05, 0.1) is 21.3 Å². The van der Waals surface area contributed by atoms with Crippen LogP contribution in [-0.4, -0.2) is 68.1 Å². The van der Waals surface area contributed by atoms with Crippen LogP contribution >= 0.6 is 22.9 Å². The Balaban J connectivity index is 1.19. The predicted octanol–water partition coefficient (Wildman–Crippen LogP) is 5.78. The second kappa shape index (κ2) is 14.0. The van der Waals surface area contributed by atoms with Crippen molar-refractivity contribution in [3.05, 3.63) is 106 Å². The molecule has 14 heteroatoms. The molecule has 240 valence electrons. The molecule has 4 aromatic rings. The number of benzene rings is 1. The highest BCUT2D eigenvalue weighted by atomic mass is 35.5. The highest BCUT2D eigenvalue weighted by molar-refractivity contribution is 7.85. The number of thiophene rings is 1. The van der Waals surface area contributed by atoms with Crippen LogP contribution < -0.4 is 10.2 Å². The minimum Gasteiger partial charge on any atom is -0.354 e. The van der Waals surface area contributed by atoms with Gasteiger partial charge in [0.15, 0.2) is 0 Å². The second-order valence-electron chi connectivity index (χ2n) is 10.9. The van der Waals surface area contributed by atoms with E-state index in [4.69, 9.17) is 16.6 Å². The fraction of sp³-hybridized carbons (Fsp3) is 0.281. The van der Waals surface area contributed by atoms with Gasteiger partial charge in [-0.1, -0.05) is 42.0 Å². The number of alkyl halides is 3. The lowest BCUT2D eigenvalue weighted by Crippen LogP contribution is -2.46. The summed E-state index contributed by atoms with van der Waals surface area (Å²) in [5, 5.41) is 2.96. The average molecular weight is 687 g/mol. The number of hydrogen-bond donors (Lipinski definition) is 1. The van der Waals surface area contributed by atoms with Gasteiger partial charge in [0.1, 0.15) is 27.1 Å². The molecule has 2 aliphatic heterocycles. The second-order valence-corrected chi connectivity index (χ2v) is 14.3. The Morgan fingerprint density at radius 3 is 2.50 bits per heavy atom. The Morgan fingerprint density at radius 2 is 1.83 bits per heavy atom. The van der Waals surface area contributed by atoms with Crippen molar-refractivity contribution in [2.24, 2.45) is 0 Å². The third kappa shape index (κ3) is 7.67. The van der Waals surface area contributed by atoms with Crippen LogP contribution in [0.1, 0.15) is 16.8 Å². The number of hydrogen-bond acceptors (Lipinski definition) is 7. The van der Waals surface area contributed by atoms with E-state index in [0.717, 1.165) is 43.0 Å². The number of anilines is 1. The van der Waals surface area contributed by atoms with Crippen molar-refractivity contribution in [1.29, 1.82) is 0 Å². The molecule has 46 heavy (non-hydrogen) atoms. The molecule has 1 N–H and O–H groups in total. The van der Waals surface area contributed by atoms with Crippen molar-refractivity contribution in [3.63, 3.8) is 0 Å². The Bertz CT molecular complexity index is 1730. The molecule has 0 spiro atoms. The van der Waals surface area contributed by atoms with Crippen LogP contribution in [0.2, 0.25) is 4.34 Å². The number of piperazine rings is 1. The zero-order valence-corrected chi connectivity index (χ0v) is 26.9. The number of pyridine rings is 2. The van der Waals surface area contributed by atoms with Crippen LogP contribution in [0.15, 0.2) is 89.3 Å². The number of aromatic nitrogens is 2. The highest BCUT2D eigenvalue weighted by Crippen LogP contribution is 2.32. The first-order chi connectivity index (χ1) is 22.1. The fourth-order valence-electron chi connectivity index (χ4n) is 5.36. The Kier molecular flexibility index (Phi) is 9.85. The highest BCUT2D eigenvalue weighted by Gasteiger charge is 2.32. The van der Waals surface area contributed by atoms with E-state index in [9.17, 15) is 22.2 Å². The molecule has 8 nitrogen and oxygen atoms in total. The number of nitrogens with one attached hydrogen (secondary N) is 1. The van der Waals surface area contributed by atoms with Gasteiger partial charge in [-0.15, -0.1) is 11.3 Å². The lowest BCUT2D eigenvalue weighted by atomic mass is 10.1. The molecule has 2 aliphatic rings. The maximum atomic E-state index is 13.3. The van der Waals surface area contributed by atoms with Gasteiger partial charge in [0, 0.05) is 57.6 Å². The van der Waals surface area contributed by atoms with E-state index in [1.807, 2.05) is 24.3 Å². The van der Waals surface area contributed by atoms with Crippen LogP contribution in [0.3, 0.4) is 0 Å². The van der Waals surface area contributed by atoms with E-state index < -0.39 is 28.8 Å². The molecule has 1 amide bonds. The molecule has 0 radical (unpaired) electrons. The van der Waals surface area contributed by atoms with Gasteiger partial charge in [-0.05, 0) is 54.1 Å². The van der Waals surface area contributed by atoms with Gasteiger partial charge in [-0.3, -0.25) is 14.7 Å². The Hall–Kier alpha value is -3.62. The van der Waals surface area contributed by atoms with Crippen molar-refractivity contribution < 1.29 is 22.2 Å². The number of carbonyl (C=O) groups excluding carboxylic acids is 1. The molecule has 2 atom stereocenters. The molecule has 6 rings (SSSR count). The van der Waals surface area contributed by atoms with Crippen molar-refractivity contribution in [1.82, 2.24) is 24.5 Å².